The second-order valence-corrected chi connectivity index (χ2v) is 5.60. The molecule has 1 aliphatic rings. The molecule has 1 aromatic rings. The Morgan fingerprint density at radius 3 is 2.83 bits per heavy atom. The van der Waals surface area contributed by atoms with Gasteiger partial charge in [0.25, 0.3) is 0 Å². The van der Waals surface area contributed by atoms with E-state index in [9.17, 15) is 0 Å². The van der Waals surface area contributed by atoms with E-state index in [1.54, 1.807) is 6.20 Å². The largest absolute Gasteiger partial charge is 0.366 e. The Bertz CT molecular complexity index is 383. The molecule has 2 unspecified atom stereocenters. The molecule has 1 aromatic heterocycles. The minimum atomic E-state index is 0.199. The van der Waals surface area contributed by atoms with Crippen LogP contribution < -0.4 is 10.2 Å². The third kappa shape index (κ3) is 3.48. The summed E-state index contributed by atoms with van der Waals surface area (Å²) >= 11 is 6.42. The van der Waals surface area contributed by atoms with E-state index in [4.69, 9.17) is 11.6 Å². The van der Waals surface area contributed by atoms with E-state index in [1.807, 2.05) is 25.1 Å². The van der Waals surface area contributed by atoms with Crippen molar-refractivity contribution in [3.05, 3.63) is 12.3 Å². The van der Waals surface area contributed by atoms with Gasteiger partial charge < -0.3 is 10.2 Å². The molecule has 0 amide bonds. The molecule has 0 saturated heterocycles. The number of alkyl halides is 1. The molecular formula is C13H21ClN4. The number of halogens is 1. The second kappa shape index (κ2) is 6.23. The minimum absolute atomic E-state index is 0.199. The smallest absolute Gasteiger partial charge is 0.226 e. The van der Waals surface area contributed by atoms with Crippen LogP contribution in [-0.4, -0.2) is 35.5 Å². The van der Waals surface area contributed by atoms with Crippen LogP contribution in [0, 0.1) is 0 Å². The molecule has 0 bridgehead atoms. The summed E-state index contributed by atoms with van der Waals surface area (Å²) in [6.07, 6.45) is 7.75. The van der Waals surface area contributed by atoms with Crippen molar-refractivity contribution in [1.82, 2.24) is 9.97 Å². The van der Waals surface area contributed by atoms with E-state index in [-0.39, 0.29) is 5.38 Å². The molecule has 0 radical (unpaired) electrons. The monoisotopic (exact) mass is 268 g/mol. The van der Waals surface area contributed by atoms with Crippen molar-refractivity contribution >= 4 is 23.4 Å². The number of aromatic nitrogens is 2. The Morgan fingerprint density at radius 2 is 2.06 bits per heavy atom. The highest BCUT2D eigenvalue weighted by Gasteiger charge is 2.21. The Balaban J connectivity index is 2.05. The van der Waals surface area contributed by atoms with Crippen LogP contribution in [-0.2, 0) is 0 Å². The first-order chi connectivity index (χ1) is 8.66. The maximum Gasteiger partial charge on any atom is 0.226 e. The van der Waals surface area contributed by atoms with E-state index < -0.39 is 0 Å². The van der Waals surface area contributed by atoms with Crippen LogP contribution in [0.1, 0.15) is 32.1 Å². The van der Waals surface area contributed by atoms with Crippen LogP contribution in [0.15, 0.2) is 12.3 Å². The average molecular weight is 269 g/mol. The molecule has 1 aliphatic carbocycles. The van der Waals surface area contributed by atoms with E-state index in [0.717, 1.165) is 24.6 Å². The summed E-state index contributed by atoms with van der Waals surface area (Å²) in [5.41, 5.74) is 0. The van der Waals surface area contributed by atoms with Crippen LogP contribution in [0.2, 0.25) is 0 Å². The van der Waals surface area contributed by atoms with Crippen molar-refractivity contribution < 1.29 is 0 Å². The molecule has 0 aliphatic heterocycles. The summed E-state index contributed by atoms with van der Waals surface area (Å²) in [5.74, 6) is 1.59. The fourth-order valence-corrected chi connectivity index (χ4v) is 2.60. The molecule has 5 heteroatoms. The molecule has 1 fully saturated rings. The van der Waals surface area contributed by atoms with Gasteiger partial charge in [0.05, 0.1) is 5.38 Å². The third-order valence-electron chi connectivity index (χ3n) is 3.31. The quantitative estimate of drug-likeness (QED) is 0.676. The van der Waals surface area contributed by atoms with Gasteiger partial charge in [0.2, 0.25) is 5.95 Å². The van der Waals surface area contributed by atoms with Gasteiger partial charge in [-0.1, -0.05) is 19.3 Å². The lowest BCUT2D eigenvalue weighted by Gasteiger charge is -2.22. The number of hydrogen-bond acceptors (Lipinski definition) is 4. The van der Waals surface area contributed by atoms with Gasteiger partial charge in [-0.05, 0) is 18.9 Å². The highest BCUT2D eigenvalue weighted by Crippen LogP contribution is 2.25. The van der Waals surface area contributed by atoms with E-state index in [2.05, 4.69) is 15.3 Å². The van der Waals surface area contributed by atoms with Crippen molar-refractivity contribution in [3.8, 4) is 0 Å². The first-order valence-corrected chi connectivity index (χ1v) is 7.01. The molecule has 1 N–H and O–H groups in total. The predicted molar refractivity (Wildman–Crippen MR) is 76.5 cm³/mol. The van der Waals surface area contributed by atoms with Crippen LogP contribution in [0.25, 0.3) is 0 Å². The Kier molecular flexibility index (Phi) is 4.64. The number of anilines is 2. The summed E-state index contributed by atoms with van der Waals surface area (Å²) in [6.45, 7) is 0. The van der Waals surface area contributed by atoms with Gasteiger partial charge in [-0.15, -0.1) is 11.6 Å². The van der Waals surface area contributed by atoms with Crippen LogP contribution in [0.3, 0.4) is 0 Å². The Morgan fingerprint density at radius 1 is 1.28 bits per heavy atom. The van der Waals surface area contributed by atoms with E-state index in [0.29, 0.717) is 6.04 Å². The van der Waals surface area contributed by atoms with Crippen LogP contribution in [0.5, 0.6) is 0 Å². The number of nitrogens with one attached hydrogen (secondary N) is 1. The minimum Gasteiger partial charge on any atom is -0.366 e. The lowest BCUT2D eigenvalue weighted by atomic mass is 10.1. The standard InChI is InChI=1S/C13H21ClN4/c1-18(2)13-15-9-8-12(17-13)16-11-7-5-3-4-6-10(11)14/h8-11H,3-7H2,1-2H3,(H,15,16,17). The zero-order chi connectivity index (χ0) is 13.0. The molecule has 2 atom stereocenters. The zero-order valence-electron chi connectivity index (χ0n) is 11.1. The maximum absolute atomic E-state index is 6.42. The summed E-state index contributed by atoms with van der Waals surface area (Å²) in [7, 11) is 3.88. The Hall–Kier alpha value is -1.03. The molecule has 2 rings (SSSR count). The number of rotatable bonds is 3. The zero-order valence-corrected chi connectivity index (χ0v) is 11.8. The van der Waals surface area contributed by atoms with Crippen molar-refractivity contribution in [3.63, 3.8) is 0 Å². The first kappa shape index (κ1) is 13.4. The van der Waals surface area contributed by atoms with Gasteiger partial charge in [-0.2, -0.15) is 4.98 Å². The third-order valence-corrected chi connectivity index (χ3v) is 3.83. The highest BCUT2D eigenvalue weighted by atomic mass is 35.5. The van der Waals surface area contributed by atoms with Crippen molar-refractivity contribution in [2.45, 2.75) is 43.5 Å². The van der Waals surface area contributed by atoms with Gasteiger partial charge in [-0.25, -0.2) is 4.98 Å². The maximum atomic E-state index is 6.42. The molecule has 1 heterocycles. The van der Waals surface area contributed by atoms with Crippen LogP contribution in [0.4, 0.5) is 11.8 Å². The summed E-state index contributed by atoms with van der Waals surface area (Å²) < 4.78 is 0. The van der Waals surface area contributed by atoms with Gasteiger partial charge >= 0.3 is 0 Å². The summed E-state index contributed by atoms with van der Waals surface area (Å²) in [6, 6.07) is 2.22. The molecule has 0 aromatic carbocycles. The topological polar surface area (TPSA) is 41.1 Å². The number of nitrogens with zero attached hydrogens (tertiary/aromatic N) is 3. The predicted octanol–water partition coefficient (Wildman–Crippen LogP) is 2.89. The van der Waals surface area contributed by atoms with Crippen molar-refractivity contribution in [2.75, 3.05) is 24.3 Å². The molecule has 100 valence electrons. The normalized spacial score (nSPS) is 24.4. The molecule has 0 spiro atoms. The van der Waals surface area contributed by atoms with E-state index in [1.165, 1.54) is 19.3 Å². The van der Waals surface area contributed by atoms with Crippen molar-refractivity contribution in [1.29, 1.82) is 0 Å². The average Bonchev–Trinajstić information content (AvgIpc) is 2.55. The second-order valence-electron chi connectivity index (χ2n) is 5.04. The fourth-order valence-electron chi connectivity index (χ4n) is 2.26. The lowest BCUT2D eigenvalue weighted by Crippen LogP contribution is -2.29. The van der Waals surface area contributed by atoms with Gasteiger partial charge in [0, 0.05) is 26.3 Å². The lowest BCUT2D eigenvalue weighted by molar-refractivity contribution is 0.624. The van der Waals surface area contributed by atoms with Crippen molar-refractivity contribution in [2.24, 2.45) is 0 Å². The fraction of sp³-hybridized carbons (Fsp3) is 0.692. The van der Waals surface area contributed by atoms with Gasteiger partial charge in [0.1, 0.15) is 5.82 Å². The van der Waals surface area contributed by atoms with Gasteiger partial charge in [0.15, 0.2) is 0 Å². The summed E-state index contributed by atoms with van der Waals surface area (Å²) in [4.78, 5) is 10.6. The SMILES string of the molecule is CN(C)c1nccc(NC2CCCCCC2Cl)n1. The molecule has 18 heavy (non-hydrogen) atoms. The first-order valence-electron chi connectivity index (χ1n) is 6.58. The molecule has 4 nitrogen and oxygen atoms in total. The molecular weight excluding hydrogens is 248 g/mol. The van der Waals surface area contributed by atoms with Crippen LogP contribution >= 0.6 is 11.6 Å². The number of hydrogen-bond donors (Lipinski definition) is 1. The molecule has 1 saturated carbocycles. The van der Waals surface area contributed by atoms with E-state index >= 15 is 0 Å². The Labute approximate surface area is 114 Å². The summed E-state index contributed by atoms with van der Waals surface area (Å²) in [5, 5.41) is 3.66. The highest BCUT2D eigenvalue weighted by molar-refractivity contribution is 6.21. The van der Waals surface area contributed by atoms with Gasteiger partial charge in [-0.3, -0.25) is 0 Å².